The van der Waals surface area contributed by atoms with E-state index in [2.05, 4.69) is 61.8 Å². The van der Waals surface area contributed by atoms with Gasteiger partial charge in [0, 0.05) is 44.0 Å². The van der Waals surface area contributed by atoms with Gasteiger partial charge in [0.2, 0.25) is 0 Å². The van der Waals surface area contributed by atoms with Crippen LogP contribution < -0.4 is 10.6 Å². The van der Waals surface area contributed by atoms with Crippen molar-refractivity contribution >= 4 is 5.69 Å². The molecule has 1 saturated heterocycles. The van der Waals surface area contributed by atoms with E-state index in [1.165, 1.54) is 95.1 Å². The van der Waals surface area contributed by atoms with Crippen LogP contribution in [0.15, 0.2) is 24.3 Å². The highest BCUT2D eigenvalue weighted by molar-refractivity contribution is 5.49. The minimum Gasteiger partial charge on any atom is -0.368 e. The number of benzene rings is 1. The maximum Gasteiger partial charge on any atom is 0.0368 e. The number of nitrogens with zero attached hydrogens (tertiary/aromatic N) is 2. The SMILES string of the molecule is CC(C)CCN(c1ccc(CCC2CCCCC2)cc1)C1CCN(C[C@H](N)CC(C)C)CC1. The highest BCUT2D eigenvalue weighted by Gasteiger charge is 2.26. The van der Waals surface area contributed by atoms with E-state index in [-0.39, 0.29) is 0 Å². The van der Waals surface area contributed by atoms with E-state index in [1.54, 1.807) is 0 Å². The van der Waals surface area contributed by atoms with Crippen LogP contribution in [-0.4, -0.2) is 43.2 Å². The molecule has 0 unspecified atom stereocenters. The zero-order valence-electron chi connectivity index (χ0n) is 22.3. The van der Waals surface area contributed by atoms with Gasteiger partial charge in [-0.3, -0.25) is 0 Å². The second kappa shape index (κ2) is 13.7. The van der Waals surface area contributed by atoms with Crippen LogP contribution >= 0.6 is 0 Å². The topological polar surface area (TPSA) is 32.5 Å². The van der Waals surface area contributed by atoms with Crippen molar-refractivity contribution in [3.63, 3.8) is 0 Å². The zero-order chi connectivity index (χ0) is 23.6. The number of anilines is 1. The molecule has 1 aliphatic carbocycles. The van der Waals surface area contributed by atoms with E-state index in [4.69, 9.17) is 5.73 Å². The van der Waals surface area contributed by atoms with Gasteiger partial charge in [0.25, 0.3) is 0 Å². The highest BCUT2D eigenvalue weighted by Crippen LogP contribution is 2.29. The summed E-state index contributed by atoms with van der Waals surface area (Å²) in [6.45, 7) is 13.9. The Morgan fingerprint density at radius 3 is 2.18 bits per heavy atom. The van der Waals surface area contributed by atoms with Gasteiger partial charge in [0.1, 0.15) is 0 Å². The molecule has 3 rings (SSSR count). The largest absolute Gasteiger partial charge is 0.368 e. The summed E-state index contributed by atoms with van der Waals surface area (Å²) in [6, 6.07) is 10.7. The van der Waals surface area contributed by atoms with Crippen LogP contribution in [0.2, 0.25) is 0 Å². The number of piperidine rings is 1. The number of rotatable bonds is 12. The van der Waals surface area contributed by atoms with E-state index >= 15 is 0 Å². The molecule has 2 fully saturated rings. The van der Waals surface area contributed by atoms with E-state index < -0.39 is 0 Å². The first-order chi connectivity index (χ1) is 15.9. The van der Waals surface area contributed by atoms with Gasteiger partial charge in [0.05, 0.1) is 0 Å². The van der Waals surface area contributed by atoms with Gasteiger partial charge >= 0.3 is 0 Å². The average Bonchev–Trinajstić information content (AvgIpc) is 2.79. The lowest BCUT2D eigenvalue weighted by atomic mass is 9.85. The Labute approximate surface area is 205 Å². The molecule has 2 N–H and O–H groups in total. The Kier molecular flexibility index (Phi) is 11.0. The van der Waals surface area contributed by atoms with Crippen LogP contribution in [0.25, 0.3) is 0 Å². The summed E-state index contributed by atoms with van der Waals surface area (Å²) < 4.78 is 0. The van der Waals surface area contributed by atoms with Crippen molar-refractivity contribution < 1.29 is 0 Å². The van der Waals surface area contributed by atoms with Crippen LogP contribution in [0.4, 0.5) is 5.69 Å². The average molecular weight is 456 g/mol. The van der Waals surface area contributed by atoms with Crippen LogP contribution in [0, 0.1) is 17.8 Å². The number of hydrogen-bond acceptors (Lipinski definition) is 3. The van der Waals surface area contributed by atoms with E-state index in [1.807, 2.05) is 0 Å². The predicted octanol–water partition coefficient (Wildman–Crippen LogP) is 6.89. The standard InChI is InChI=1S/C30H53N3/c1-24(2)16-21-33(30-17-19-32(20-18-30)23-28(31)22-25(3)4)29-14-12-27(13-15-29)11-10-26-8-6-5-7-9-26/h12-15,24-26,28,30H,5-11,16-23,31H2,1-4H3/t28-/m1/s1. The van der Waals surface area contributed by atoms with Crippen molar-refractivity contribution in [2.75, 3.05) is 31.1 Å². The fraction of sp³-hybridized carbons (Fsp3) is 0.800. The first-order valence-corrected chi connectivity index (χ1v) is 14.2. The molecule has 1 aromatic carbocycles. The monoisotopic (exact) mass is 455 g/mol. The van der Waals surface area contributed by atoms with Crippen LogP contribution in [0.3, 0.4) is 0 Å². The molecule has 1 aliphatic heterocycles. The molecule has 1 heterocycles. The van der Waals surface area contributed by atoms with Gasteiger partial charge in [-0.25, -0.2) is 0 Å². The molecule has 1 atom stereocenters. The van der Waals surface area contributed by atoms with E-state index in [0.717, 1.165) is 24.8 Å². The Morgan fingerprint density at radius 2 is 1.58 bits per heavy atom. The molecule has 3 nitrogen and oxygen atoms in total. The molecular formula is C30H53N3. The molecule has 3 heteroatoms. The van der Waals surface area contributed by atoms with Crippen molar-refractivity contribution in [3.05, 3.63) is 29.8 Å². The van der Waals surface area contributed by atoms with E-state index in [9.17, 15) is 0 Å². The third-order valence-electron chi connectivity index (χ3n) is 8.05. The van der Waals surface area contributed by atoms with Crippen LogP contribution in [0.5, 0.6) is 0 Å². The molecule has 33 heavy (non-hydrogen) atoms. The molecule has 0 aromatic heterocycles. The summed E-state index contributed by atoms with van der Waals surface area (Å²) in [5.74, 6) is 2.41. The Bertz CT molecular complexity index is 639. The molecule has 2 aliphatic rings. The molecule has 0 bridgehead atoms. The quantitative estimate of drug-likeness (QED) is 0.372. The molecule has 0 spiro atoms. The predicted molar refractivity (Wildman–Crippen MR) is 145 cm³/mol. The maximum atomic E-state index is 6.41. The lowest BCUT2D eigenvalue weighted by Crippen LogP contribution is -2.48. The van der Waals surface area contributed by atoms with Gasteiger partial charge in [-0.15, -0.1) is 0 Å². The molecule has 1 aromatic rings. The maximum absolute atomic E-state index is 6.41. The minimum absolute atomic E-state index is 0.319. The first-order valence-electron chi connectivity index (χ1n) is 14.2. The summed E-state index contributed by atoms with van der Waals surface area (Å²) in [4.78, 5) is 5.34. The van der Waals surface area contributed by atoms with Gasteiger partial charge in [-0.1, -0.05) is 71.9 Å². The number of hydrogen-bond donors (Lipinski definition) is 1. The lowest BCUT2D eigenvalue weighted by molar-refractivity contribution is 0.191. The van der Waals surface area contributed by atoms with Gasteiger partial charge in [-0.2, -0.15) is 0 Å². The normalized spacial score (nSPS) is 20.0. The summed E-state index contributed by atoms with van der Waals surface area (Å²) in [7, 11) is 0. The van der Waals surface area contributed by atoms with Gasteiger partial charge in [0.15, 0.2) is 0 Å². The third kappa shape index (κ3) is 9.25. The second-order valence-electron chi connectivity index (χ2n) is 12.0. The summed E-state index contributed by atoms with van der Waals surface area (Å²) >= 11 is 0. The van der Waals surface area contributed by atoms with Crippen molar-refractivity contribution in [2.45, 2.75) is 110 Å². The fourth-order valence-corrected chi connectivity index (χ4v) is 6.05. The molecule has 1 saturated carbocycles. The highest BCUT2D eigenvalue weighted by atomic mass is 15.2. The number of aryl methyl sites for hydroxylation is 1. The Balaban J connectivity index is 1.54. The minimum atomic E-state index is 0.319. The smallest absolute Gasteiger partial charge is 0.0368 e. The first kappa shape index (κ1) is 26.5. The van der Waals surface area contributed by atoms with Crippen LogP contribution in [0.1, 0.15) is 97.5 Å². The van der Waals surface area contributed by atoms with Crippen molar-refractivity contribution in [3.8, 4) is 0 Å². The molecule has 188 valence electrons. The zero-order valence-corrected chi connectivity index (χ0v) is 22.3. The number of nitrogens with two attached hydrogens (primary N) is 1. The Hall–Kier alpha value is -1.06. The van der Waals surface area contributed by atoms with Crippen molar-refractivity contribution in [1.29, 1.82) is 0 Å². The number of likely N-dealkylation sites (tertiary alicyclic amines) is 1. The van der Waals surface area contributed by atoms with Gasteiger partial charge < -0.3 is 15.5 Å². The van der Waals surface area contributed by atoms with Crippen molar-refractivity contribution in [1.82, 2.24) is 4.90 Å². The summed E-state index contributed by atoms with van der Waals surface area (Å²) in [5, 5.41) is 0. The molecule has 0 radical (unpaired) electrons. The molecule has 0 amide bonds. The van der Waals surface area contributed by atoms with Gasteiger partial charge in [-0.05, 0) is 74.0 Å². The van der Waals surface area contributed by atoms with E-state index in [0.29, 0.717) is 18.0 Å². The lowest BCUT2D eigenvalue weighted by Gasteiger charge is -2.41. The fourth-order valence-electron chi connectivity index (χ4n) is 6.05. The second-order valence-corrected chi connectivity index (χ2v) is 12.0. The van der Waals surface area contributed by atoms with Crippen molar-refractivity contribution in [2.24, 2.45) is 23.5 Å². The van der Waals surface area contributed by atoms with Crippen LogP contribution in [-0.2, 0) is 6.42 Å². The summed E-state index contributed by atoms with van der Waals surface area (Å²) in [5.41, 5.74) is 9.37. The molecular weight excluding hydrogens is 402 g/mol. The third-order valence-corrected chi connectivity index (χ3v) is 8.05. The summed E-state index contributed by atoms with van der Waals surface area (Å²) in [6.07, 6.45) is 14.8. The Morgan fingerprint density at radius 1 is 0.909 bits per heavy atom.